The number of anilines is 4. The van der Waals surface area contributed by atoms with Gasteiger partial charge in [0.05, 0.1) is 11.4 Å². The molecule has 2 amide bonds. The van der Waals surface area contributed by atoms with Gasteiger partial charge in [-0.2, -0.15) is 0 Å². The second-order valence-corrected chi connectivity index (χ2v) is 7.35. The summed E-state index contributed by atoms with van der Waals surface area (Å²) in [4.78, 5) is 20.9. The lowest BCUT2D eigenvalue weighted by Crippen LogP contribution is -2.20. The van der Waals surface area contributed by atoms with Crippen LogP contribution in [0, 0.1) is 12.7 Å². The summed E-state index contributed by atoms with van der Waals surface area (Å²) in [5.74, 6) is -0.493. The average molecular weight is 419 g/mol. The molecule has 0 atom stereocenters. The predicted molar refractivity (Wildman–Crippen MR) is 119 cm³/mol. The molecule has 0 saturated carbocycles. The molecule has 2 heterocycles. The van der Waals surface area contributed by atoms with Crippen molar-refractivity contribution in [3.8, 4) is 11.3 Å². The molecule has 0 bridgehead atoms. The van der Waals surface area contributed by atoms with E-state index in [1.165, 1.54) is 23.5 Å². The van der Waals surface area contributed by atoms with Crippen LogP contribution in [0.2, 0.25) is 0 Å². The fraction of sp³-hybridized carbons (Fsp3) is 0.0455. The predicted octanol–water partition coefficient (Wildman–Crippen LogP) is 6.04. The Morgan fingerprint density at radius 2 is 1.90 bits per heavy atom. The zero-order valence-corrected chi connectivity index (χ0v) is 16.8. The van der Waals surface area contributed by atoms with E-state index in [9.17, 15) is 9.18 Å². The summed E-state index contributed by atoms with van der Waals surface area (Å²) in [6, 6.07) is 14.8. The molecule has 150 valence electrons. The first-order valence-electron chi connectivity index (χ1n) is 9.14. The number of thiazole rings is 1. The number of carbonyl (C=O) groups is 1. The molecule has 0 aliphatic carbocycles. The van der Waals surface area contributed by atoms with E-state index in [0.29, 0.717) is 5.69 Å². The summed E-state index contributed by atoms with van der Waals surface area (Å²) in [5.41, 5.74) is 4.27. The molecule has 2 aromatic carbocycles. The third-order valence-corrected chi connectivity index (χ3v) is 5.08. The van der Waals surface area contributed by atoms with E-state index < -0.39 is 11.8 Å². The Morgan fingerprint density at radius 1 is 1.03 bits per heavy atom. The molecular formula is C22H18FN5OS. The maximum atomic E-state index is 13.7. The van der Waals surface area contributed by atoms with E-state index in [4.69, 9.17) is 0 Å². The largest absolute Gasteiger partial charge is 0.331 e. The molecule has 4 rings (SSSR count). The maximum absolute atomic E-state index is 13.7. The van der Waals surface area contributed by atoms with E-state index >= 15 is 0 Å². The summed E-state index contributed by atoms with van der Waals surface area (Å²) in [7, 11) is 0. The Bertz CT molecular complexity index is 1180. The number of hydrogen-bond donors (Lipinski definition) is 3. The summed E-state index contributed by atoms with van der Waals surface area (Å²) in [5, 5.41) is 11.2. The first kappa shape index (κ1) is 19.5. The van der Waals surface area contributed by atoms with Gasteiger partial charge in [-0.3, -0.25) is 4.98 Å². The number of carbonyl (C=O) groups excluding carboxylic acids is 1. The first-order chi connectivity index (χ1) is 14.6. The molecule has 3 N–H and O–H groups in total. The number of aromatic nitrogens is 2. The number of amides is 2. The van der Waals surface area contributed by atoms with Crippen molar-refractivity contribution in [2.45, 2.75) is 6.92 Å². The fourth-order valence-electron chi connectivity index (χ4n) is 2.77. The van der Waals surface area contributed by atoms with Crippen LogP contribution in [0.3, 0.4) is 0 Å². The van der Waals surface area contributed by atoms with Crippen LogP contribution in [0.15, 0.2) is 72.4 Å². The van der Waals surface area contributed by atoms with Crippen LogP contribution in [0.5, 0.6) is 0 Å². The Kier molecular flexibility index (Phi) is 5.67. The SMILES string of the molecule is Cc1ccc(NC(=O)Nc2ccccc2F)cc1Nc1nc(-c2cccnc2)cs1. The van der Waals surface area contributed by atoms with Crippen molar-refractivity contribution >= 4 is 39.6 Å². The summed E-state index contributed by atoms with van der Waals surface area (Å²) >= 11 is 1.48. The lowest BCUT2D eigenvalue weighted by molar-refractivity contribution is 0.262. The van der Waals surface area contributed by atoms with Crippen LogP contribution in [0.25, 0.3) is 11.3 Å². The van der Waals surface area contributed by atoms with Crippen molar-refractivity contribution in [1.29, 1.82) is 0 Å². The van der Waals surface area contributed by atoms with E-state index in [0.717, 1.165) is 27.6 Å². The van der Waals surface area contributed by atoms with Gasteiger partial charge in [0.2, 0.25) is 0 Å². The molecule has 0 fully saturated rings. The number of urea groups is 1. The fourth-order valence-corrected chi connectivity index (χ4v) is 3.51. The van der Waals surface area contributed by atoms with Crippen LogP contribution in [-0.2, 0) is 0 Å². The van der Waals surface area contributed by atoms with Crippen molar-refractivity contribution in [3.63, 3.8) is 0 Å². The molecule has 0 radical (unpaired) electrons. The number of halogens is 1. The number of hydrogen-bond acceptors (Lipinski definition) is 5. The number of nitrogens with one attached hydrogen (secondary N) is 3. The highest BCUT2D eigenvalue weighted by Gasteiger charge is 2.10. The topological polar surface area (TPSA) is 78.9 Å². The number of pyridine rings is 1. The number of benzene rings is 2. The summed E-state index contributed by atoms with van der Waals surface area (Å²) in [6.45, 7) is 1.96. The molecule has 6 nitrogen and oxygen atoms in total. The van der Waals surface area contributed by atoms with Crippen LogP contribution < -0.4 is 16.0 Å². The van der Waals surface area contributed by atoms with Crippen LogP contribution in [0.4, 0.5) is 31.4 Å². The van der Waals surface area contributed by atoms with Crippen molar-refractivity contribution in [2.75, 3.05) is 16.0 Å². The van der Waals surface area contributed by atoms with Gasteiger partial charge in [0, 0.05) is 34.7 Å². The quantitative estimate of drug-likeness (QED) is 0.368. The standard InChI is InChI=1S/C22H18FN5OS/c1-14-8-9-16(25-21(29)26-18-7-3-2-6-17(18)23)11-19(14)27-22-28-20(13-30-22)15-5-4-10-24-12-15/h2-13H,1H3,(H,27,28)(H2,25,26,29). The molecule has 0 unspecified atom stereocenters. The average Bonchev–Trinajstić information content (AvgIpc) is 3.21. The highest BCUT2D eigenvalue weighted by Crippen LogP contribution is 2.29. The van der Waals surface area contributed by atoms with Crippen molar-refractivity contribution in [2.24, 2.45) is 0 Å². The third kappa shape index (κ3) is 4.61. The van der Waals surface area contributed by atoms with Crippen molar-refractivity contribution in [3.05, 3.63) is 83.8 Å². The van der Waals surface area contributed by atoms with Crippen LogP contribution >= 0.6 is 11.3 Å². The highest BCUT2D eigenvalue weighted by atomic mass is 32.1. The maximum Gasteiger partial charge on any atom is 0.323 e. The van der Waals surface area contributed by atoms with E-state index in [1.807, 2.05) is 30.5 Å². The molecule has 8 heteroatoms. The zero-order valence-electron chi connectivity index (χ0n) is 16.0. The molecule has 30 heavy (non-hydrogen) atoms. The lowest BCUT2D eigenvalue weighted by Gasteiger charge is -2.12. The highest BCUT2D eigenvalue weighted by molar-refractivity contribution is 7.14. The molecule has 2 aromatic heterocycles. The van der Waals surface area contributed by atoms with Crippen molar-refractivity contribution in [1.82, 2.24) is 9.97 Å². The molecule has 0 aliphatic rings. The summed E-state index contributed by atoms with van der Waals surface area (Å²) < 4.78 is 13.7. The molecule has 0 saturated heterocycles. The molecule has 0 spiro atoms. The Labute approximate surface area is 176 Å². The van der Waals surface area contributed by atoms with Gasteiger partial charge in [-0.05, 0) is 48.9 Å². The Morgan fingerprint density at radius 3 is 2.70 bits per heavy atom. The lowest BCUT2D eigenvalue weighted by atomic mass is 10.2. The van der Waals surface area contributed by atoms with Gasteiger partial charge in [0.15, 0.2) is 5.13 Å². The first-order valence-corrected chi connectivity index (χ1v) is 10.0. The Hall–Kier alpha value is -3.78. The van der Waals surface area contributed by atoms with E-state index in [2.05, 4.69) is 25.9 Å². The van der Waals surface area contributed by atoms with Gasteiger partial charge in [-0.25, -0.2) is 14.2 Å². The van der Waals surface area contributed by atoms with Gasteiger partial charge in [-0.15, -0.1) is 11.3 Å². The van der Waals surface area contributed by atoms with Gasteiger partial charge in [-0.1, -0.05) is 18.2 Å². The third-order valence-electron chi connectivity index (χ3n) is 4.32. The molecule has 4 aromatic rings. The second-order valence-electron chi connectivity index (χ2n) is 6.49. The van der Waals surface area contributed by atoms with Crippen LogP contribution in [-0.4, -0.2) is 16.0 Å². The zero-order chi connectivity index (χ0) is 20.9. The smallest absolute Gasteiger partial charge is 0.323 e. The number of nitrogens with zero attached hydrogens (tertiary/aromatic N) is 2. The Balaban J connectivity index is 1.46. The minimum absolute atomic E-state index is 0.117. The minimum Gasteiger partial charge on any atom is -0.331 e. The number of para-hydroxylation sites is 1. The van der Waals surface area contributed by atoms with Crippen LogP contribution in [0.1, 0.15) is 5.56 Å². The minimum atomic E-state index is -0.525. The van der Waals surface area contributed by atoms with Gasteiger partial charge in [0.25, 0.3) is 0 Å². The van der Waals surface area contributed by atoms with E-state index in [-0.39, 0.29) is 5.69 Å². The second kappa shape index (κ2) is 8.71. The number of aryl methyl sites for hydroxylation is 1. The van der Waals surface area contributed by atoms with Gasteiger partial charge < -0.3 is 16.0 Å². The molecule has 0 aliphatic heterocycles. The normalized spacial score (nSPS) is 10.5. The van der Waals surface area contributed by atoms with E-state index in [1.54, 1.807) is 36.7 Å². The monoisotopic (exact) mass is 419 g/mol. The molecular weight excluding hydrogens is 401 g/mol. The number of rotatable bonds is 5. The van der Waals surface area contributed by atoms with Crippen molar-refractivity contribution < 1.29 is 9.18 Å². The summed E-state index contributed by atoms with van der Waals surface area (Å²) in [6.07, 6.45) is 3.49. The van der Waals surface area contributed by atoms with Gasteiger partial charge in [0.1, 0.15) is 5.82 Å². The van der Waals surface area contributed by atoms with Gasteiger partial charge >= 0.3 is 6.03 Å².